The number of hydrogen-bond donors (Lipinski definition) is 2. The fourth-order valence-corrected chi connectivity index (χ4v) is 5.50. The first kappa shape index (κ1) is 29.2. The molecule has 0 radical (unpaired) electrons. The number of aryl methyl sites for hydroxylation is 1. The van der Waals surface area contributed by atoms with E-state index in [1.807, 2.05) is 30.3 Å². The van der Waals surface area contributed by atoms with E-state index >= 15 is 0 Å². The predicted molar refractivity (Wildman–Crippen MR) is 154 cm³/mol. The second-order valence-electron chi connectivity index (χ2n) is 9.94. The van der Waals surface area contributed by atoms with Gasteiger partial charge in [-0.3, -0.25) is 9.78 Å². The number of nitrogens with two attached hydrogens (primary N) is 1. The van der Waals surface area contributed by atoms with Crippen molar-refractivity contribution in [1.29, 1.82) is 0 Å². The van der Waals surface area contributed by atoms with Crippen LogP contribution < -0.4 is 5.73 Å². The monoisotopic (exact) mass is 551 g/mol. The number of amides is 1. The molecule has 0 unspecified atom stereocenters. The number of rotatable bonds is 11. The number of aliphatic hydroxyl groups is 1. The first-order valence-electron chi connectivity index (χ1n) is 13.6. The van der Waals surface area contributed by atoms with Crippen molar-refractivity contribution >= 4 is 17.5 Å². The number of methoxy groups -OCH3 is 1. The van der Waals surface area contributed by atoms with E-state index < -0.39 is 11.7 Å². The van der Waals surface area contributed by atoms with Gasteiger partial charge in [-0.2, -0.15) is 0 Å². The maximum Gasteiger partial charge on any atom is 0.255 e. The number of hydrogen-bond acceptors (Lipinski definition) is 6. The molecule has 4 rings (SSSR count). The molecule has 0 aliphatic carbocycles. The van der Waals surface area contributed by atoms with Gasteiger partial charge in [0, 0.05) is 43.6 Å². The minimum Gasteiger partial charge on any atom is -0.385 e. The van der Waals surface area contributed by atoms with E-state index in [0.717, 1.165) is 29.7 Å². The molecule has 1 aromatic heterocycles. The highest BCUT2D eigenvalue weighted by atomic mass is 35.5. The SMILES string of the molecule is CCc1cccc(-c2c(Cl)cccc2[C@](O)(CCCCOC)[C@H]2CN(C(=O)c3ccc(CN)nc3)CCO2)c1. The van der Waals surface area contributed by atoms with E-state index in [1.54, 1.807) is 30.3 Å². The summed E-state index contributed by atoms with van der Waals surface area (Å²) in [6, 6.07) is 17.4. The van der Waals surface area contributed by atoms with Crippen LogP contribution in [0, 0.1) is 0 Å². The molecule has 0 spiro atoms. The second-order valence-corrected chi connectivity index (χ2v) is 10.4. The predicted octanol–water partition coefficient (Wildman–Crippen LogP) is 4.97. The molecule has 8 heteroatoms. The van der Waals surface area contributed by atoms with Gasteiger partial charge in [0.1, 0.15) is 11.7 Å². The number of halogens is 1. The number of aromatic nitrogens is 1. The number of ether oxygens (including phenoxy) is 2. The molecule has 1 aliphatic heterocycles. The summed E-state index contributed by atoms with van der Waals surface area (Å²) in [7, 11) is 1.67. The maximum atomic E-state index is 13.4. The minimum absolute atomic E-state index is 0.150. The summed E-state index contributed by atoms with van der Waals surface area (Å²) < 4.78 is 11.5. The maximum absolute atomic E-state index is 13.4. The van der Waals surface area contributed by atoms with Crippen molar-refractivity contribution in [3.63, 3.8) is 0 Å². The van der Waals surface area contributed by atoms with Crippen LogP contribution in [-0.4, -0.2) is 60.4 Å². The highest BCUT2D eigenvalue weighted by Crippen LogP contribution is 2.43. The van der Waals surface area contributed by atoms with E-state index in [2.05, 4.69) is 24.0 Å². The zero-order valence-corrected chi connectivity index (χ0v) is 23.5. The van der Waals surface area contributed by atoms with Gasteiger partial charge in [-0.05, 0) is 60.6 Å². The van der Waals surface area contributed by atoms with Gasteiger partial charge < -0.3 is 25.2 Å². The third-order valence-corrected chi connectivity index (χ3v) is 7.74. The van der Waals surface area contributed by atoms with Crippen LogP contribution in [0.25, 0.3) is 11.1 Å². The zero-order chi connectivity index (χ0) is 27.8. The van der Waals surface area contributed by atoms with Crippen LogP contribution in [0.1, 0.15) is 53.4 Å². The van der Waals surface area contributed by atoms with Gasteiger partial charge in [0.2, 0.25) is 0 Å². The Morgan fingerprint density at radius 3 is 2.77 bits per heavy atom. The van der Waals surface area contributed by atoms with Crippen molar-refractivity contribution in [3.8, 4) is 11.1 Å². The van der Waals surface area contributed by atoms with Crippen LogP contribution in [0.5, 0.6) is 0 Å². The van der Waals surface area contributed by atoms with Crippen LogP contribution in [-0.2, 0) is 28.0 Å². The number of unbranched alkanes of at least 4 members (excludes halogenated alkanes) is 1. The molecule has 1 fully saturated rings. The summed E-state index contributed by atoms with van der Waals surface area (Å²) in [6.07, 6.45) is 3.72. The average Bonchev–Trinajstić information content (AvgIpc) is 2.98. The number of nitrogens with zero attached hydrogens (tertiary/aromatic N) is 2. The number of carbonyl (C=O) groups excluding carboxylic acids is 1. The molecule has 1 amide bonds. The van der Waals surface area contributed by atoms with Gasteiger partial charge in [-0.25, -0.2) is 0 Å². The molecule has 39 heavy (non-hydrogen) atoms. The molecule has 0 saturated carbocycles. The Bertz CT molecular complexity index is 1250. The van der Waals surface area contributed by atoms with Gasteiger partial charge in [0.25, 0.3) is 5.91 Å². The lowest BCUT2D eigenvalue weighted by Gasteiger charge is -2.43. The molecule has 2 aromatic carbocycles. The molecule has 2 heterocycles. The van der Waals surface area contributed by atoms with Gasteiger partial charge in [0.05, 0.1) is 24.4 Å². The van der Waals surface area contributed by atoms with Crippen molar-refractivity contribution < 1.29 is 19.4 Å². The lowest BCUT2D eigenvalue weighted by Crippen LogP contribution is -2.54. The highest BCUT2D eigenvalue weighted by molar-refractivity contribution is 6.33. The van der Waals surface area contributed by atoms with Gasteiger partial charge in [0.15, 0.2) is 0 Å². The molecular formula is C31H38ClN3O4. The van der Waals surface area contributed by atoms with Crippen molar-refractivity contribution in [1.82, 2.24) is 9.88 Å². The fraction of sp³-hybridized carbons (Fsp3) is 0.419. The van der Waals surface area contributed by atoms with Crippen molar-refractivity contribution in [2.45, 2.75) is 50.9 Å². The molecule has 1 aliphatic rings. The zero-order valence-electron chi connectivity index (χ0n) is 22.7. The fourth-order valence-electron chi connectivity index (χ4n) is 5.21. The summed E-state index contributed by atoms with van der Waals surface area (Å²) in [5.74, 6) is -0.150. The Balaban J connectivity index is 1.71. The quantitative estimate of drug-likeness (QED) is 0.327. The summed E-state index contributed by atoms with van der Waals surface area (Å²) in [4.78, 5) is 19.4. The number of morpholine rings is 1. The van der Waals surface area contributed by atoms with Crippen LogP contribution in [0.4, 0.5) is 0 Å². The molecule has 1 saturated heterocycles. The number of pyridine rings is 1. The van der Waals surface area contributed by atoms with Crippen molar-refractivity contribution in [2.75, 3.05) is 33.4 Å². The Hall–Kier alpha value is -2.81. The molecule has 3 aromatic rings. The van der Waals surface area contributed by atoms with Crippen LogP contribution in [0.3, 0.4) is 0 Å². The lowest BCUT2D eigenvalue weighted by atomic mass is 9.78. The van der Waals surface area contributed by atoms with E-state index in [9.17, 15) is 9.90 Å². The number of carbonyl (C=O) groups is 1. The molecular weight excluding hydrogens is 514 g/mol. The normalized spacial score (nSPS) is 17.2. The average molecular weight is 552 g/mol. The van der Waals surface area contributed by atoms with E-state index in [0.29, 0.717) is 55.3 Å². The highest BCUT2D eigenvalue weighted by Gasteiger charge is 2.44. The number of benzene rings is 2. The molecule has 2 atom stereocenters. The Labute approximate surface area is 235 Å². The van der Waals surface area contributed by atoms with Gasteiger partial charge in [-0.15, -0.1) is 0 Å². The van der Waals surface area contributed by atoms with E-state index in [1.165, 1.54) is 5.56 Å². The molecule has 208 valence electrons. The van der Waals surface area contributed by atoms with Crippen molar-refractivity contribution in [2.24, 2.45) is 5.73 Å². The first-order valence-corrected chi connectivity index (χ1v) is 13.9. The summed E-state index contributed by atoms with van der Waals surface area (Å²) in [6.45, 7) is 3.99. The van der Waals surface area contributed by atoms with Crippen LogP contribution in [0.2, 0.25) is 5.02 Å². The van der Waals surface area contributed by atoms with Crippen LogP contribution >= 0.6 is 11.6 Å². The standard InChI is InChI=1S/C31H38ClN3O4/c1-3-22-8-6-9-23(18-22)29-26(10-7-11-27(29)32)31(37,14-4-5-16-38-2)28-21-35(15-17-39-28)30(36)24-12-13-25(19-33)34-20-24/h6-13,18,20,28,37H,3-5,14-17,19,21,33H2,1-2H3/t28-,31-/m1/s1. The Morgan fingerprint density at radius 2 is 2.05 bits per heavy atom. The smallest absolute Gasteiger partial charge is 0.255 e. The summed E-state index contributed by atoms with van der Waals surface area (Å²) >= 11 is 6.82. The first-order chi connectivity index (χ1) is 18.9. The Morgan fingerprint density at radius 1 is 1.23 bits per heavy atom. The lowest BCUT2D eigenvalue weighted by molar-refractivity contribution is -0.146. The van der Waals surface area contributed by atoms with E-state index in [-0.39, 0.29) is 12.5 Å². The van der Waals surface area contributed by atoms with Gasteiger partial charge >= 0.3 is 0 Å². The third kappa shape index (κ3) is 6.68. The molecule has 3 N–H and O–H groups in total. The van der Waals surface area contributed by atoms with Crippen LogP contribution in [0.15, 0.2) is 60.8 Å². The topological polar surface area (TPSA) is 97.9 Å². The van der Waals surface area contributed by atoms with Crippen molar-refractivity contribution in [3.05, 3.63) is 88.2 Å². The summed E-state index contributed by atoms with van der Waals surface area (Å²) in [5.41, 5.74) is 9.09. The summed E-state index contributed by atoms with van der Waals surface area (Å²) in [5, 5.41) is 13.1. The molecule has 7 nitrogen and oxygen atoms in total. The molecule has 0 bridgehead atoms. The largest absolute Gasteiger partial charge is 0.385 e. The third-order valence-electron chi connectivity index (χ3n) is 7.43. The Kier molecular flexibility index (Phi) is 10.1. The second kappa shape index (κ2) is 13.5. The van der Waals surface area contributed by atoms with Gasteiger partial charge in [-0.1, -0.05) is 54.9 Å². The minimum atomic E-state index is -1.39. The van der Waals surface area contributed by atoms with E-state index in [4.69, 9.17) is 26.8 Å².